The molecule has 1 atom stereocenters. The number of ether oxygens (including phenoxy) is 1. The quantitative estimate of drug-likeness (QED) is 0.322. The second kappa shape index (κ2) is 9.64. The van der Waals surface area contributed by atoms with Crippen LogP contribution in [0.15, 0.2) is 82.4 Å². The minimum Gasteiger partial charge on any atom is -0.497 e. The van der Waals surface area contributed by atoms with Crippen LogP contribution in [-0.2, 0) is 4.79 Å². The first-order valence-electron chi connectivity index (χ1n) is 10.8. The molecule has 0 saturated carbocycles. The van der Waals surface area contributed by atoms with Crippen molar-refractivity contribution in [2.24, 2.45) is 0 Å². The van der Waals surface area contributed by atoms with Crippen LogP contribution in [0.5, 0.6) is 5.75 Å². The molecule has 0 bridgehead atoms. The molecule has 10 heteroatoms. The van der Waals surface area contributed by atoms with E-state index < -0.39 is 28.1 Å². The summed E-state index contributed by atoms with van der Waals surface area (Å²) in [6.45, 7) is 1.75. The summed E-state index contributed by atoms with van der Waals surface area (Å²) in [4.78, 5) is 50.9. The highest BCUT2D eigenvalue weighted by atomic mass is 16.6. The van der Waals surface area contributed by atoms with Crippen LogP contribution in [0.4, 0.5) is 11.4 Å². The summed E-state index contributed by atoms with van der Waals surface area (Å²) in [7, 11) is 1.54. The Balaban J connectivity index is 1.89. The van der Waals surface area contributed by atoms with Gasteiger partial charge in [0.1, 0.15) is 11.8 Å². The van der Waals surface area contributed by atoms with Gasteiger partial charge in [0.15, 0.2) is 0 Å². The molecule has 1 unspecified atom stereocenters. The Bertz CT molecular complexity index is 1540. The second-order valence-electron chi connectivity index (χ2n) is 7.73. The van der Waals surface area contributed by atoms with Gasteiger partial charge >= 0.3 is 5.69 Å². The van der Waals surface area contributed by atoms with Crippen LogP contribution in [0.2, 0.25) is 0 Å². The topological polar surface area (TPSA) is 125 Å². The van der Waals surface area contributed by atoms with Crippen molar-refractivity contribution >= 4 is 28.2 Å². The molecule has 1 aromatic heterocycles. The van der Waals surface area contributed by atoms with Crippen molar-refractivity contribution in [3.8, 4) is 11.4 Å². The van der Waals surface area contributed by atoms with Crippen LogP contribution in [0.1, 0.15) is 19.4 Å². The summed E-state index contributed by atoms with van der Waals surface area (Å²) in [6, 6.07) is 17.5. The number of carbonyl (C=O) groups excluding carboxylic acids is 1. The van der Waals surface area contributed by atoms with Crippen molar-refractivity contribution < 1.29 is 14.5 Å². The first-order chi connectivity index (χ1) is 16.8. The van der Waals surface area contributed by atoms with E-state index in [1.807, 2.05) is 0 Å². The Labute approximate surface area is 199 Å². The number of nitrogens with zero attached hydrogens (tertiary/aromatic N) is 3. The fourth-order valence-electron chi connectivity index (χ4n) is 3.94. The van der Waals surface area contributed by atoms with Gasteiger partial charge in [-0.15, -0.1) is 0 Å². The zero-order valence-electron chi connectivity index (χ0n) is 19.0. The van der Waals surface area contributed by atoms with Gasteiger partial charge in [0.05, 0.1) is 28.6 Å². The van der Waals surface area contributed by atoms with Crippen LogP contribution in [-0.4, -0.2) is 27.1 Å². The number of anilines is 1. The molecular weight excluding hydrogens is 452 g/mol. The third-order valence-electron chi connectivity index (χ3n) is 5.65. The highest BCUT2D eigenvalue weighted by molar-refractivity contribution is 5.95. The predicted octanol–water partition coefficient (Wildman–Crippen LogP) is 3.66. The van der Waals surface area contributed by atoms with Crippen molar-refractivity contribution in [1.29, 1.82) is 0 Å². The normalized spacial score (nSPS) is 11.7. The number of aromatic nitrogens is 2. The lowest BCUT2D eigenvalue weighted by Crippen LogP contribution is -2.43. The summed E-state index contributed by atoms with van der Waals surface area (Å²) >= 11 is 0. The SMILES string of the molecule is CCC(C(=O)Nc1ccc(OC)cc1)n1c(=O)n(-c2cccc([N+](=O)[O-])c2)c(=O)c2ccccc21. The molecule has 4 rings (SSSR count). The van der Waals surface area contributed by atoms with Crippen molar-refractivity contribution in [3.05, 3.63) is 104 Å². The number of para-hydroxylation sites is 1. The van der Waals surface area contributed by atoms with Crippen LogP contribution in [0.25, 0.3) is 16.6 Å². The van der Waals surface area contributed by atoms with E-state index in [0.29, 0.717) is 17.0 Å². The Kier molecular flexibility index (Phi) is 6.45. The molecule has 178 valence electrons. The first kappa shape index (κ1) is 23.4. The second-order valence-corrected chi connectivity index (χ2v) is 7.73. The van der Waals surface area contributed by atoms with Crippen molar-refractivity contribution in [3.63, 3.8) is 0 Å². The molecule has 0 aliphatic carbocycles. The van der Waals surface area contributed by atoms with Gasteiger partial charge in [0.25, 0.3) is 11.2 Å². The summed E-state index contributed by atoms with van der Waals surface area (Å²) < 4.78 is 7.25. The lowest BCUT2D eigenvalue weighted by atomic mass is 10.1. The third kappa shape index (κ3) is 4.41. The minimum atomic E-state index is -0.958. The summed E-state index contributed by atoms with van der Waals surface area (Å²) in [5.74, 6) is 0.176. The molecule has 3 aromatic carbocycles. The minimum absolute atomic E-state index is 0.0409. The van der Waals surface area contributed by atoms with E-state index in [2.05, 4.69) is 5.32 Å². The van der Waals surface area contributed by atoms with Crippen LogP contribution < -0.4 is 21.3 Å². The van der Waals surface area contributed by atoms with Gasteiger partial charge in [-0.3, -0.25) is 24.3 Å². The van der Waals surface area contributed by atoms with Gasteiger partial charge in [-0.1, -0.05) is 25.1 Å². The van der Waals surface area contributed by atoms with Gasteiger partial charge in [-0.25, -0.2) is 9.36 Å². The first-order valence-corrected chi connectivity index (χ1v) is 10.8. The Morgan fingerprint density at radius 2 is 1.77 bits per heavy atom. The molecular formula is C25H22N4O6. The molecule has 0 fully saturated rings. The Morgan fingerprint density at radius 3 is 2.43 bits per heavy atom. The number of benzene rings is 3. The number of fused-ring (bicyclic) bond motifs is 1. The number of carbonyl (C=O) groups is 1. The molecule has 4 aromatic rings. The zero-order valence-corrected chi connectivity index (χ0v) is 19.0. The highest BCUT2D eigenvalue weighted by Gasteiger charge is 2.25. The molecule has 1 heterocycles. The number of hydrogen-bond donors (Lipinski definition) is 1. The summed E-state index contributed by atoms with van der Waals surface area (Å²) in [5, 5.41) is 14.3. The van der Waals surface area contributed by atoms with Gasteiger partial charge in [-0.2, -0.15) is 0 Å². The number of nitro groups is 1. The number of hydrogen-bond acceptors (Lipinski definition) is 6. The number of methoxy groups -OCH3 is 1. The van der Waals surface area contributed by atoms with Crippen LogP contribution >= 0.6 is 0 Å². The highest BCUT2D eigenvalue weighted by Crippen LogP contribution is 2.22. The van der Waals surface area contributed by atoms with E-state index in [1.54, 1.807) is 55.5 Å². The van der Waals surface area contributed by atoms with Crippen molar-refractivity contribution in [2.75, 3.05) is 12.4 Å². The van der Waals surface area contributed by atoms with Gasteiger partial charge in [-0.05, 0) is 48.9 Å². The average Bonchev–Trinajstić information content (AvgIpc) is 2.87. The van der Waals surface area contributed by atoms with E-state index in [9.17, 15) is 24.5 Å². The molecule has 0 spiro atoms. The lowest BCUT2D eigenvalue weighted by molar-refractivity contribution is -0.384. The zero-order chi connectivity index (χ0) is 25.1. The number of non-ortho nitro benzene ring substituents is 1. The molecule has 0 saturated heterocycles. The van der Waals surface area contributed by atoms with Crippen LogP contribution in [0, 0.1) is 10.1 Å². The van der Waals surface area contributed by atoms with Crippen molar-refractivity contribution in [2.45, 2.75) is 19.4 Å². The number of nitro benzene ring substituents is 1. The van der Waals surface area contributed by atoms with E-state index in [-0.39, 0.29) is 23.2 Å². The molecule has 10 nitrogen and oxygen atoms in total. The van der Waals surface area contributed by atoms with Crippen molar-refractivity contribution in [1.82, 2.24) is 9.13 Å². The molecule has 0 aliphatic heterocycles. The monoisotopic (exact) mass is 474 g/mol. The van der Waals surface area contributed by atoms with Crippen LogP contribution in [0.3, 0.4) is 0 Å². The average molecular weight is 474 g/mol. The number of rotatable bonds is 7. The van der Waals surface area contributed by atoms with Gasteiger partial charge in [0.2, 0.25) is 5.91 Å². The Hall–Kier alpha value is -4.73. The summed E-state index contributed by atoms with van der Waals surface area (Å²) in [5.41, 5.74) is -0.824. The molecule has 35 heavy (non-hydrogen) atoms. The molecule has 1 amide bonds. The van der Waals surface area contributed by atoms with E-state index in [1.165, 1.54) is 29.9 Å². The predicted molar refractivity (Wildman–Crippen MR) is 131 cm³/mol. The fourth-order valence-corrected chi connectivity index (χ4v) is 3.94. The fraction of sp³-hybridized carbons (Fsp3) is 0.160. The van der Waals surface area contributed by atoms with Gasteiger partial charge in [0, 0.05) is 17.8 Å². The summed E-state index contributed by atoms with van der Waals surface area (Å²) in [6.07, 6.45) is 0.249. The largest absolute Gasteiger partial charge is 0.497 e. The van der Waals surface area contributed by atoms with Gasteiger partial charge < -0.3 is 10.1 Å². The molecule has 0 radical (unpaired) electrons. The smallest absolute Gasteiger partial charge is 0.336 e. The maximum Gasteiger partial charge on any atom is 0.336 e. The Morgan fingerprint density at radius 1 is 1.06 bits per heavy atom. The lowest BCUT2D eigenvalue weighted by Gasteiger charge is -2.21. The van der Waals surface area contributed by atoms with E-state index in [4.69, 9.17) is 4.74 Å². The van der Waals surface area contributed by atoms with E-state index in [0.717, 1.165) is 10.6 Å². The number of amides is 1. The number of nitrogens with one attached hydrogen (secondary N) is 1. The molecule has 1 N–H and O–H groups in total. The van der Waals surface area contributed by atoms with E-state index >= 15 is 0 Å². The third-order valence-corrected chi connectivity index (χ3v) is 5.65. The molecule has 0 aliphatic rings. The standard InChI is InChI=1S/C25H22N4O6/c1-3-21(23(30)26-16-11-13-19(35-2)14-12-16)28-22-10-5-4-9-20(22)24(31)27(25(28)32)17-7-6-8-18(15-17)29(33)34/h4-15,21H,3H2,1-2H3,(H,26,30). The maximum absolute atomic E-state index is 13.7. The maximum atomic E-state index is 13.7.